The highest BCUT2D eigenvalue weighted by atomic mass is 35.5. The SMILES string of the molecule is CC(C)(C)OC(=O)N(C/C=C/C(=O)NOC1CCN(C(=O)OC(C)(C)C)CC1)CCCCN1c2ccccc2CCc2ccc(Cl)cc21. The van der Waals surface area contributed by atoms with Gasteiger partial charge in [0.2, 0.25) is 0 Å². The van der Waals surface area contributed by atoms with E-state index < -0.39 is 23.2 Å². The van der Waals surface area contributed by atoms with E-state index in [1.165, 1.54) is 22.9 Å². The van der Waals surface area contributed by atoms with Gasteiger partial charge in [-0.25, -0.2) is 15.1 Å². The topological polar surface area (TPSA) is 101 Å². The third kappa shape index (κ3) is 11.4. The lowest BCUT2D eigenvalue weighted by molar-refractivity contribution is -0.135. The van der Waals surface area contributed by atoms with Gasteiger partial charge < -0.3 is 24.2 Å². The van der Waals surface area contributed by atoms with Crippen LogP contribution in [0.1, 0.15) is 78.4 Å². The van der Waals surface area contributed by atoms with Crippen LogP contribution in [0.4, 0.5) is 21.0 Å². The van der Waals surface area contributed by atoms with Gasteiger partial charge in [-0.05, 0) is 109 Å². The first-order valence-corrected chi connectivity index (χ1v) is 17.3. The van der Waals surface area contributed by atoms with E-state index in [0.29, 0.717) is 37.5 Å². The zero-order valence-corrected chi connectivity index (χ0v) is 30.0. The molecule has 262 valence electrons. The van der Waals surface area contributed by atoms with Gasteiger partial charge in [0, 0.05) is 55.2 Å². The fourth-order valence-electron chi connectivity index (χ4n) is 5.73. The number of halogens is 1. The number of hydroxylamine groups is 1. The Bertz CT molecular complexity index is 1440. The lowest BCUT2D eigenvalue weighted by Gasteiger charge is -2.32. The monoisotopic (exact) mass is 682 g/mol. The third-order valence-electron chi connectivity index (χ3n) is 8.01. The van der Waals surface area contributed by atoms with E-state index in [9.17, 15) is 14.4 Å². The van der Waals surface area contributed by atoms with Gasteiger partial charge in [0.25, 0.3) is 5.91 Å². The quantitative estimate of drug-likeness (QED) is 0.157. The van der Waals surface area contributed by atoms with Gasteiger partial charge in [-0.3, -0.25) is 9.63 Å². The summed E-state index contributed by atoms with van der Waals surface area (Å²) in [7, 11) is 0. The normalized spacial score (nSPS) is 15.4. The fraction of sp³-hybridized carbons (Fsp3) is 0.541. The Morgan fingerprint density at radius 2 is 1.58 bits per heavy atom. The Balaban J connectivity index is 1.28. The number of benzene rings is 2. The first kappa shape index (κ1) is 37.1. The van der Waals surface area contributed by atoms with Crippen LogP contribution in [0.25, 0.3) is 0 Å². The molecule has 48 heavy (non-hydrogen) atoms. The van der Waals surface area contributed by atoms with Gasteiger partial charge in [0.15, 0.2) is 0 Å². The number of rotatable bonds is 10. The van der Waals surface area contributed by atoms with Crippen LogP contribution in [0, 0.1) is 0 Å². The van der Waals surface area contributed by atoms with Crippen molar-refractivity contribution < 1.29 is 28.7 Å². The molecule has 0 aromatic heterocycles. The Morgan fingerprint density at radius 3 is 2.27 bits per heavy atom. The predicted molar refractivity (Wildman–Crippen MR) is 189 cm³/mol. The molecular weight excluding hydrogens is 632 g/mol. The molecule has 2 aromatic rings. The summed E-state index contributed by atoms with van der Waals surface area (Å²) in [5, 5.41) is 0.707. The molecule has 1 N–H and O–H groups in total. The maximum Gasteiger partial charge on any atom is 0.410 e. The standard InChI is InChI=1S/C37H51ClN4O6/c1-36(2,3)46-34(44)40(22-11-14-33(43)39-48-30-19-24-41(25-20-30)35(45)47-37(4,5)6)21-9-10-23-42-31-13-8-7-12-27(31)15-16-28-17-18-29(38)26-32(28)42/h7-8,11-14,17-18,26,30H,9-10,15-16,19-25H2,1-6H3,(H,39,43)/b14-11+. The van der Waals surface area contributed by atoms with Crippen molar-refractivity contribution in [3.63, 3.8) is 0 Å². The van der Waals surface area contributed by atoms with Crippen molar-refractivity contribution in [3.8, 4) is 0 Å². The van der Waals surface area contributed by atoms with Crippen LogP contribution in [0.15, 0.2) is 54.6 Å². The molecule has 2 heterocycles. The number of para-hydroxylation sites is 1. The highest BCUT2D eigenvalue weighted by Gasteiger charge is 2.28. The van der Waals surface area contributed by atoms with Crippen molar-refractivity contribution in [2.45, 2.75) is 97.4 Å². The van der Waals surface area contributed by atoms with Crippen molar-refractivity contribution in [2.24, 2.45) is 0 Å². The molecule has 10 nitrogen and oxygen atoms in total. The molecule has 0 saturated carbocycles. The molecule has 2 aliphatic rings. The number of nitrogens with zero attached hydrogens (tertiary/aromatic N) is 3. The molecule has 4 rings (SSSR count). The number of unbranched alkanes of at least 4 members (excludes halogenated alkanes) is 1. The van der Waals surface area contributed by atoms with Crippen molar-refractivity contribution in [1.29, 1.82) is 0 Å². The number of carbonyl (C=O) groups is 3. The summed E-state index contributed by atoms with van der Waals surface area (Å²) in [5.41, 5.74) is 6.17. The zero-order valence-electron chi connectivity index (χ0n) is 29.2. The van der Waals surface area contributed by atoms with Crippen molar-refractivity contribution in [2.75, 3.05) is 37.6 Å². The summed E-state index contributed by atoms with van der Waals surface area (Å²) >= 11 is 6.43. The highest BCUT2D eigenvalue weighted by Crippen LogP contribution is 2.37. The molecule has 0 radical (unpaired) electrons. The largest absolute Gasteiger partial charge is 0.444 e. The van der Waals surface area contributed by atoms with Crippen LogP contribution in [0.5, 0.6) is 0 Å². The minimum atomic E-state index is -0.651. The summed E-state index contributed by atoms with van der Waals surface area (Å²) in [6.07, 6.45) is 6.65. The molecule has 11 heteroatoms. The smallest absolute Gasteiger partial charge is 0.410 e. The number of amides is 3. The van der Waals surface area contributed by atoms with E-state index in [4.69, 9.17) is 25.9 Å². The Labute approximate surface area is 290 Å². The molecule has 1 saturated heterocycles. The molecule has 1 fully saturated rings. The van der Waals surface area contributed by atoms with Crippen LogP contribution < -0.4 is 10.4 Å². The second-order valence-electron chi connectivity index (χ2n) is 14.3. The van der Waals surface area contributed by atoms with E-state index in [1.54, 1.807) is 15.9 Å². The van der Waals surface area contributed by atoms with Crippen LogP contribution in [0.2, 0.25) is 5.02 Å². The number of nitrogens with one attached hydrogen (secondary N) is 1. The average Bonchev–Trinajstić information content (AvgIpc) is 3.16. The number of likely N-dealkylation sites (tertiary alicyclic amines) is 1. The fourth-order valence-corrected chi connectivity index (χ4v) is 5.89. The van der Waals surface area contributed by atoms with Gasteiger partial charge in [-0.2, -0.15) is 0 Å². The highest BCUT2D eigenvalue weighted by molar-refractivity contribution is 6.30. The lowest BCUT2D eigenvalue weighted by Crippen LogP contribution is -2.44. The van der Waals surface area contributed by atoms with Crippen molar-refractivity contribution in [3.05, 3.63) is 70.8 Å². The number of ether oxygens (including phenoxy) is 2. The minimum Gasteiger partial charge on any atom is -0.444 e. The number of hydrogen-bond acceptors (Lipinski definition) is 7. The number of carbonyl (C=O) groups excluding carboxylic acids is 3. The van der Waals surface area contributed by atoms with E-state index in [2.05, 4.69) is 40.7 Å². The Kier molecular flexibility index (Phi) is 12.8. The van der Waals surface area contributed by atoms with E-state index in [0.717, 1.165) is 37.9 Å². The number of hydrogen-bond donors (Lipinski definition) is 1. The molecule has 0 bridgehead atoms. The number of aryl methyl sites for hydroxylation is 2. The Hall–Kier alpha value is -3.76. The second-order valence-corrected chi connectivity index (χ2v) is 14.8. The maximum absolute atomic E-state index is 13.1. The molecule has 0 atom stereocenters. The molecule has 2 aromatic carbocycles. The summed E-state index contributed by atoms with van der Waals surface area (Å²) in [6, 6.07) is 14.6. The van der Waals surface area contributed by atoms with Crippen LogP contribution in [0.3, 0.4) is 0 Å². The maximum atomic E-state index is 13.1. The average molecular weight is 683 g/mol. The molecule has 0 spiro atoms. The minimum absolute atomic E-state index is 0.210. The van der Waals surface area contributed by atoms with E-state index >= 15 is 0 Å². The van der Waals surface area contributed by atoms with Gasteiger partial charge in [-0.1, -0.05) is 41.9 Å². The predicted octanol–water partition coefficient (Wildman–Crippen LogP) is 7.60. The first-order valence-electron chi connectivity index (χ1n) is 16.9. The molecule has 0 aliphatic carbocycles. The second kappa shape index (κ2) is 16.6. The van der Waals surface area contributed by atoms with E-state index in [-0.39, 0.29) is 18.7 Å². The van der Waals surface area contributed by atoms with Gasteiger partial charge in [-0.15, -0.1) is 0 Å². The first-order chi connectivity index (χ1) is 22.7. The summed E-state index contributed by atoms with van der Waals surface area (Å²) in [5.74, 6) is -0.425. The summed E-state index contributed by atoms with van der Waals surface area (Å²) in [6.45, 7) is 13.4. The summed E-state index contributed by atoms with van der Waals surface area (Å²) in [4.78, 5) is 49.1. The van der Waals surface area contributed by atoms with Crippen LogP contribution in [-0.4, -0.2) is 77.9 Å². The number of anilines is 2. The van der Waals surface area contributed by atoms with E-state index in [1.807, 2.05) is 53.7 Å². The van der Waals surface area contributed by atoms with Gasteiger partial charge in [0.1, 0.15) is 11.2 Å². The Morgan fingerprint density at radius 1 is 0.917 bits per heavy atom. The van der Waals surface area contributed by atoms with Crippen LogP contribution >= 0.6 is 11.6 Å². The molecule has 2 aliphatic heterocycles. The van der Waals surface area contributed by atoms with Crippen molar-refractivity contribution in [1.82, 2.24) is 15.3 Å². The number of piperidine rings is 1. The van der Waals surface area contributed by atoms with Gasteiger partial charge >= 0.3 is 12.2 Å². The third-order valence-corrected chi connectivity index (χ3v) is 8.25. The number of fused-ring (bicyclic) bond motifs is 2. The zero-order chi connectivity index (χ0) is 34.9. The van der Waals surface area contributed by atoms with Crippen molar-refractivity contribution >= 4 is 41.1 Å². The summed E-state index contributed by atoms with van der Waals surface area (Å²) < 4.78 is 11.1. The van der Waals surface area contributed by atoms with Crippen LogP contribution in [-0.2, 0) is 31.9 Å². The molecule has 3 amide bonds. The van der Waals surface area contributed by atoms with Gasteiger partial charge in [0.05, 0.1) is 6.10 Å². The lowest BCUT2D eigenvalue weighted by atomic mass is 10.0. The molecular formula is C37H51ClN4O6. The molecule has 0 unspecified atom stereocenters.